The van der Waals surface area contributed by atoms with Gasteiger partial charge >= 0.3 is 5.97 Å². The normalized spacial score (nSPS) is 12.7. The number of sulfonamides is 1. The molecule has 1 N–H and O–H groups in total. The van der Waals surface area contributed by atoms with Crippen LogP contribution < -0.4 is 4.31 Å². The minimum atomic E-state index is -3.99. The van der Waals surface area contributed by atoms with E-state index < -0.39 is 22.0 Å². The molecule has 2 aromatic carbocycles. The molecule has 0 saturated carbocycles. The Balaban J connectivity index is 2.69. The van der Waals surface area contributed by atoms with Gasteiger partial charge in [-0.2, -0.15) is 0 Å². The van der Waals surface area contributed by atoms with Crippen molar-refractivity contribution in [3.63, 3.8) is 0 Å². The van der Waals surface area contributed by atoms with E-state index in [1.165, 1.54) is 19.1 Å². The molecule has 2 rings (SSSR count). The first kappa shape index (κ1) is 17.0. The highest BCUT2D eigenvalue weighted by Crippen LogP contribution is 2.30. The van der Waals surface area contributed by atoms with Crippen LogP contribution in [0.3, 0.4) is 0 Å². The fourth-order valence-electron chi connectivity index (χ4n) is 2.33. The molecule has 0 saturated heterocycles. The number of aliphatic carboxylic acids is 1. The van der Waals surface area contributed by atoms with E-state index in [9.17, 15) is 18.3 Å². The molecule has 0 amide bonds. The number of nitrogens with zero attached hydrogens (tertiary/aromatic N) is 1. The summed E-state index contributed by atoms with van der Waals surface area (Å²) >= 11 is 0. The van der Waals surface area contributed by atoms with Crippen molar-refractivity contribution in [1.29, 1.82) is 0 Å². The summed E-state index contributed by atoms with van der Waals surface area (Å²) in [7, 11) is -3.99. The molecule has 6 heteroatoms. The van der Waals surface area contributed by atoms with Gasteiger partial charge in [0.15, 0.2) is 0 Å². The van der Waals surface area contributed by atoms with Crippen LogP contribution in [0.1, 0.15) is 18.1 Å². The Bertz CT molecular complexity index is 816. The number of hydrogen-bond acceptors (Lipinski definition) is 3. The van der Waals surface area contributed by atoms with E-state index in [0.29, 0.717) is 5.69 Å². The van der Waals surface area contributed by atoms with Gasteiger partial charge in [-0.25, -0.2) is 13.2 Å². The van der Waals surface area contributed by atoms with Crippen molar-refractivity contribution >= 4 is 21.7 Å². The molecule has 0 aliphatic carbocycles. The molecule has 0 spiro atoms. The predicted molar refractivity (Wildman–Crippen MR) is 89.1 cm³/mol. The van der Waals surface area contributed by atoms with Crippen LogP contribution in [0.4, 0.5) is 5.69 Å². The second kappa shape index (κ2) is 6.42. The zero-order chi connectivity index (χ0) is 17.2. The zero-order valence-electron chi connectivity index (χ0n) is 13.2. The Labute approximate surface area is 136 Å². The van der Waals surface area contributed by atoms with Crippen LogP contribution in [-0.2, 0) is 14.8 Å². The van der Waals surface area contributed by atoms with E-state index in [4.69, 9.17) is 0 Å². The van der Waals surface area contributed by atoms with E-state index in [1.54, 1.807) is 37.3 Å². The average molecular weight is 333 g/mol. The second-order valence-corrected chi connectivity index (χ2v) is 7.16. The Kier molecular flexibility index (Phi) is 4.75. The van der Waals surface area contributed by atoms with Crippen molar-refractivity contribution in [2.45, 2.75) is 31.7 Å². The van der Waals surface area contributed by atoms with Gasteiger partial charge < -0.3 is 5.11 Å². The van der Waals surface area contributed by atoms with Crippen molar-refractivity contribution < 1.29 is 18.3 Å². The Morgan fingerprint density at radius 1 is 1.04 bits per heavy atom. The quantitative estimate of drug-likeness (QED) is 0.913. The number of anilines is 1. The van der Waals surface area contributed by atoms with Crippen molar-refractivity contribution in [3.05, 3.63) is 59.7 Å². The van der Waals surface area contributed by atoms with Crippen LogP contribution in [0.25, 0.3) is 0 Å². The third-order valence-corrected chi connectivity index (χ3v) is 5.72. The maximum atomic E-state index is 13.0. The molecule has 122 valence electrons. The lowest BCUT2D eigenvalue weighted by molar-refractivity contribution is -0.137. The first-order valence-electron chi connectivity index (χ1n) is 7.15. The lowest BCUT2D eigenvalue weighted by atomic mass is 10.1. The Hall–Kier alpha value is -2.34. The molecule has 0 radical (unpaired) electrons. The van der Waals surface area contributed by atoms with Crippen LogP contribution in [0.15, 0.2) is 53.4 Å². The van der Waals surface area contributed by atoms with Crippen molar-refractivity contribution in [2.24, 2.45) is 0 Å². The first-order valence-corrected chi connectivity index (χ1v) is 8.59. The molecule has 0 bridgehead atoms. The smallest absolute Gasteiger partial charge is 0.327 e. The average Bonchev–Trinajstić information content (AvgIpc) is 2.52. The molecular weight excluding hydrogens is 314 g/mol. The van der Waals surface area contributed by atoms with Crippen LogP contribution in [0.2, 0.25) is 0 Å². The van der Waals surface area contributed by atoms with Crippen LogP contribution >= 0.6 is 0 Å². The number of carboxylic acids is 1. The summed E-state index contributed by atoms with van der Waals surface area (Å²) in [6.07, 6.45) is 0. The zero-order valence-corrected chi connectivity index (χ0v) is 14.0. The molecular formula is C17H19NO4S. The van der Waals surface area contributed by atoms with Gasteiger partial charge in [0.25, 0.3) is 10.0 Å². The van der Waals surface area contributed by atoms with Gasteiger partial charge in [-0.15, -0.1) is 0 Å². The topological polar surface area (TPSA) is 74.7 Å². The summed E-state index contributed by atoms with van der Waals surface area (Å²) in [6.45, 7) is 5.01. The first-order chi connectivity index (χ1) is 10.8. The maximum Gasteiger partial charge on any atom is 0.327 e. The monoisotopic (exact) mass is 333 g/mol. The largest absolute Gasteiger partial charge is 0.480 e. The molecule has 0 aromatic heterocycles. The maximum absolute atomic E-state index is 13.0. The van der Waals surface area contributed by atoms with Gasteiger partial charge in [0, 0.05) is 0 Å². The number of rotatable bonds is 5. The molecule has 0 aliphatic rings. The lowest BCUT2D eigenvalue weighted by Crippen LogP contribution is -2.43. The summed E-state index contributed by atoms with van der Waals surface area (Å²) in [5, 5.41) is 9.38. The van der Waals surface area contributed by atoms with Crippen molar-refractivity contribution in [3.8, 4) is 0 Å². The summed E-state index contributed by atoms with van der Waals surface area (Å²) in [5.41, 5.74) is 2.01. The van der Waals surface area contributed by atoms with Crippen molar-refractivity contribution in [2.75, 3.05) is 4.31 Å². The van der Waals surface area contributed by atoms with Crippen LogP contribution in [0.5, 0.6) is 0 Å². The van der Waals surface area contributed by atoms with Crippen molar-refractivity contribution in [1.82, 2.24) is 0 Å². The molecule has 2 aromatic rings. The molecule has 0 fully saturated rings. The van der Waals surface area contributed by atoms with Gasteiger partial charge in [-0.3, -0.25) is 4.31 Å². The minimum absolute atomic E-state index is 0.0639. The summed E-state index contributed by atoms with van der Waals surface area (Å²) < 4.78 is 27.0. The van der Waals surface area contributed by atoms with Gasteiger partial charge in [0.05, 0.1) is 10.6 Å². The number of aryl methyl sites for hydroxylation is 1. The highest BCUT2D eigenvalue weighted by atomic mass is 32.2. The number of carboxylic acid groups (broad SMARTS) is 1. The fraction of sp³-hybridized carbons (Fsp3) is 0.235. The second-order valence-electron chi connectivity index (χ2n) is 5.35. The molecule has 1 unspecified atom stereocenters. The number of benzene rings is 2. The van der Waals surface area contributed by atoms with E-state index in [-0.39, 0.29) is 4.90 Å². The van der Waals surface area contributed by atoms with Crippen LogP contribution in [-0.4, -0.2) is 25.5 Å². The van der Waals surface area contributed by atoms with Crippen LogP contribution in [0, 0.1) is 13.8 Å². The predicted octanol–water partition coefficient (Wildman–Crippen LogP) is 2.97. The van der Waals surface area contributed by atoms with E-state index in [2.05, 4.69) is 0 Å². The molecule has 23 heavy (non-hydrogen) atoms. The highest BCUT2D eigenvalue weighted by molar-refractivity contribution is 7.93. The lowest BCUT2D eigenvalue weighted by Gasteiger charge is -2.29. The van der Waals surface area contributed by atoms with Gasteiger partial charge in [-0.05, 0) is 50.1 Å². The summed E-state index contributed by atoms with van der Waals surface area (Å²) in [4.78, 5) is 11.5. The SMILES string of the molecule is Cc1cccc(N(C(C)C(=O)O)S(=O)(=O)c2ccccc2)c1C. The highest BCUT2D eigenvalue weighted by Gasteiger charge is 2.34. The fourth-order valence-corrected chi connectivity index (χ4v) is 4.02. The van der Waals surface area contributed by atoms with E-state index in [0.717, 1.165) is 15.4 Å². The number of carbonyl (C=O) groups is 1. The minimum Gasteiger partial charge on any atom is -0.480 e. The third kappa shape index (κ3) is 3.22. The summed E-state index contributed by atoms with van der Waals surface area (Å²) in [5.74, 6) is -1.20. The van der Waals surface area contributed by atoms with E-state index >= 15 is 0 Å². The molecule has 1 atom stereocenters. The molecule has 0 aliphatic heterocycles. The van der Waals surface area contributed by atoms with Gasteiger partial charge in [0.2, 0.25) is 0 Å². The van der Waals surface area contributed by atoms with Gasteiger partial charge in [-0.1, -0.05) is 30.3 Å². The molecule has 0 heterocycles. The Morgan fingerprint density at radius 3 is 2.22 bits per heavy atom. The van der Waals surface area contributed by atoms with Gasteiger partial charge in [0.1, 0.15) is 6.04 Å². The molecule has 5 nitrogen and oxygen atoms in total. The summed E-state index contributed by atoms with van der Waals surface area (Å²) in [6, 6.07) is 11.8. The number of hydrogen-bond donors (Lipinski definition) is 1. The van der Waals surface area contributed by atoms with E-state index in [1.807, 2.05) is 13.0 Å². The Morgan fingerprint density at radius 2 is 1.65 bits per heavy atom. The third-order valence-electron chi connectivity index (χ3n) is 3.82. The standard InChI is InChI=1S/C17H19NO4S/c1-12-8-7-11-16(13(12)2)18(14(3)17(19)20)23(21,22)15-9-5-4-6-10-15/h4-11,14H,1-3H3,(H,19,20).